The van der Waals surface area contributed by atoms with Gasteiger partial charge in [-0.15, -0.1) is 0 Å². The van der Waals surface area contributed by atoms with Crippen molar-refractivity contribution in [3.8, 4) is 28.6 Å². The molecule has 9 heteroatoms. The number of hydrogen-bond acceptors (Lipinski definition) is 7. The van der Waals surface area contributed by atoms with Crippen LogP contribution in [0, 0.1) is 5.82 Å². The summed E-state index contributed by atoms with van der Waals surface area (Å²) in [6.45, 7) is 4.84. The Morgan fingerprint density at radius 2 is 1.91 bits per heavy atom. The normalized spacial score (nSPS) is 14.1. The van der Waals surface area contributed by atoms with Crippen LogP contribution in [0.2, 0.25) is 0 Å². The molecule has 2 aromatic heterocycles. The molecule has 0 amide bonds. The van der Waals surface area contributed by atoms with Crippen molar-refractivity contribution in [2.75, 3.05) is 38.3 Å². The molecular formula is C24H23FN4O4. The summed E-state index contributed by atoms with van der Waals surface area (Å²) in [6, 6.07) is 10.2. The van der Waals surface area contributed by atoms with E-state index in [1.165, 1.54) is 6.07 Å². The van der Waals surface area contributed by atoms with E-state index in [1.807, 2.05) is 16.4 Å². The highest BCUT2D eigenvalue weighted by Crippen LogP contribution is 2.28. The van der Waals surface area contributed by atoms with Gasteiger partial charge in [-0.05, 0) is 43.3 Å². The summed E-state index contributed by atoms with van der Waals surface area (Å²) in [5, 5.41) is 4.29. The highest BCUT2D eigenvalue weighted by Gasteiger charge is 2.21. The fraction of sp³-hybridized carbons (Fsp3) is 0.292. The third-order valence-corrected chi connectivity index (χ3v) is 5.85. The lowest BCUT2D eigenvalue weighted by Gasteiger charge is -2.29. The molecule has 0 unspecified atom stereocenters. The van der Waals surface area contributed by atoms with E-state index < -0.39 is 5.82 Å². The van der Waals surface area contributed by atoms with E-state index in [-0.39, 0.29) is 22.3 Å². The van der Waals surface area contributed by atoms with Crippen LogP contribution in [-0.4, -0.2) is 48.1 Å². The van der Waals surface area contributed by atoms with Crippen LogP contribution in [0.5, 0.6) is 5.75 Å². The summed E-state index contributed by atoms with van der Waals surface area (Å²) in [5.41, 5.74) is 1.73. The minimum absolute atomic E-state index is 0.0904. The predicted molar refractivity (Wildman–Crippen MR) is 122 cm³/mol. The molecule has 0 N–H and O–H groups in total. The second-order valence-electron chi connectivity index (χ2n) is 7.73. The zero-order chi connectivity index (χ0) is 22.9. The largest absolute Gasteiger partial charge is 0.497 e. The number of fused-ring (bicyclic) bond motifs is 1. The third kappa shape index (κ3) is 3.84. The van der Waals surface area contributed by atoms with Gasteiger partial charge in [0.25, 0.3) is 5.89 Å². The molecule has 0 radical (unpaired) electrons. The lowest BCUT2D eigenvalue weighted by atomic mass is 10.1. The van der Waals surface area contributed by atoms with Gasteiger partial charge in [0.05, 0.1) is 31.5 Å². The zero-order valence-corrected chi connectivity index (χ0v) is 18.4. The summed E-state index contributed by atoms with van der Waals surface area (Å²) in [6.07, 6.45) is 1.69. The van der Waals surface area contributed by atoms with Crippen molar-refractivity contribution >= 4 is 16.6 Å². The Hall–Kier alpha value is -3.72. The van der Waals surface area contributed by atoms with Gasteiger partial charge >= 0.3 is 0 Å². The molecule has 0 saturated carbocycles. The Morgan fingerprint density at radius 1 is 1.15 bits per heavy atom. The van der Waals surface area contributed by atoms with Crippen LogP contribution >= 0.6 is 0 Å². The Labute approximate surface area is 189 Å². The summed E-state index contributed by atoms with van der Waals surface area (Å²) >= 11 is 0. The molecule has 3 heterocycles. The lowest BCUT2D eigenvalue weighted by molar-refractivity contribution is 0.122. The van der Waals surface area contributed by atoms with Gasteiger partial charge in [0.1, 0.15) is 17.1 Å². The number of ether oxygens (including phenoxy) is 2. The van der Waals surface area contributed by atoms with Crippen molar-refractivity contribution in [2.24, 2.45) is 0 Å². The van der Waals surface area contributed by atoms with Crippen LogP contribution in [0.3, 0.4) is 0 Å². The van der Waals surface area contributed by atoms with Crippen molar-refractivity contribution in [3.63, 3.8) is 0 Å². The second-order valence-corrected chi connectivity index (χ2v) is 7.73. The van der Waals surface area contributed by atoms with E-state index >= 15 is 4.39 Å². The van der Waals surface area contributed by atoms with Gasteiger partial charge in [-0.1, -0.05) is 5.16 Å². The maximum atomic E-state index is 15.0. The highest BCUT2D eigenvalue weighted by atomic mass is 19.1. The Kier molecular flexibility index (Phi) is 5.55. The van der Waals surface area contributed by atoms with Crippen molar-refractivity contribution in [1.82, 2.24) is 14.7 Å². The fourth-order valence-electron chi connectivity index (χ4n) is 4.05. The van der Waals surface area contributed by atoms with Crippen molar-refractivity contribution in [1.29, 1.82) is 0 Å². The molecule has 0 bridgehead atoms. The SMILES string of the molecule is CCn1cc(-c2nc(-c3ccc(OC)cc3)no2)c(=O)c2cc(F)c(N3CCOCC3)cc21. The minimum atomic E-state index is -0.439. The number of morpholine rings is 1. The molecule has 0 atom stereocenters. The molecule has 1 saturated heterocycles. The van der Waals surface area contributed by atoms with Crippen molar-refractivity contribution in [2.45, 2.75) is 13.5 Å². The van der Waals surface area contributed by atoms with Gasteiger partial charge in [-0.2, -0.15) is 4.98 Å². The third-order valence-electron chi connectivity index (χ3n) is 5.85. The molecule has 5 rings (SSSR count). The molecule has 2 aromatic carbocycles. The van der Waals surface area contributed by atoms with Crippen molar-refractivity contribution in [3.05, 3.63) is 58.6 Å². The van der Waals surface area contributed by atoms with E-state index in [4.69, 9.17) is 14.0 Å². The second kappa shape index (κ2) is 8.67. The summed E-state index contributed by atoms with van der Waals surface area (Å²) in [7, 11) is 1.59. The quantitative estimate of drug-likeness (QED) is 0.458. The number of nitrogens with zero attached hydrogens (tertiary/aromatic N) is 4. The molecule has 1 aliphatic heterocycles. The molecular weight excluding hydrogens is 427 g/mol. The molecule has 0 spiro atoms. The molecule has 1 aliphatic rings. The van der Waals surface area contributed by atoms with Gasteiger partial charge in [0.2, 0.25) is 11.3 Å². The number of rotatable bonds is 5. The predicted octanol–water partition coefficient (Wildman–Crippen LogP) is 3.72. The van der Waals surface area contributed by atoms with E-state index in [2.05, 4.69) is 10.1 Å². The average Bonchev–Trinajstić information content (AvgIpc) is 3.35. The molecule has 8 nitrogen and oxygen atoms in total. The Morgan fingerprint density at radius 3 is 2.61 bits per heavy atom. The van der Waals surface area contributed by atoms with E-state index in [0.717, 1.165) is 5.56 Å². The van der Waals surface area contributed by atoms with Crippen LogP contribution in [0.1, 0.15) is 6.92 Å². The lowest BCUT2D eigenvalue weighted by Crippen LogP contribution is -2.36. The first-order valence-corrected chi connectivity index (χ1v) is 10.8. The topological polar surface area (TPSA) is 82.6 Å². The van der Waals surface area contributed by atoms with Crippen LogP contribution in [0.4, 0.5) is 10.1 Å². The van der Waals surface area contributed by atoms with Crippen LogP contribution < -0.4 is 15.1 Å². The number of anilines is 1. The average molecular weight is 450 g/mol. The first-order valence-electron chi connectivity index (χ1n) is 10.8. The van der Waals surface area contributed by atoms with Gasteiger partial charge in [0, 0.05) is 36.8 Å². The molecule has 33 heavy (non-hydrogen) atoms. The van der Waals surface area contributed by atoms with Crippen LogP contribution in [0.25, 0.3) is 33.7 Å². The van der Waals surface area contributed by atoms with E-state index in [1.54, 1.807) is 43.6 Å². The number of hydrogen-bond donors (Lipinski definition) is 0. The molecule has 170 valence electrons. The van der Waals surface area contributed by atoms with Gasteiger partial charge in [-0.25, -0.2) is 4.39 Å². The number of aryl methyl sites for hydroxylation is 1. The van der Waals surface area contributed by atoms with Gasteiger partial charge in [0.15, 0.2) is 0 Å². The molecule has 4 aromatic rings. The van der Waals surface area contributed by atoms with E-state index in [9.17, 15) is 4.79 Å². The Bertz CT molecular complexity index is 1360. The summed E-state index contributed by atoms with van der Waals surface area (Å²) in [4.78, 5) is 19.7. The van der Waals surface area contributed by atoms with Crippen LogP contribution in [-0.2, 0) is 11.3 Å². The number of methoxy groups -OCH3 is 1. The van der Waals surface area contributed by atoms with Gasteiger partial charge in [-0.3, -0.25) is 4.79 Å². The van der Waals surface area contributed by atoms with E-state index in [0.29, 0.717) is 55.6 Å². The summed E-state index contributed by atoms with van der Waals surface area (Å²) in [5.74, 6) is 0.712. The maximum Gasteiger partial charge on any atom is 0.263 e. The van der Waals surface area contributed by atoms with Crippen molar-refractivity contribution < 1.29 is 18.4 Å². The number of aromatic nitrogens is 3. The Balaban J connectivity index is 1.59. The first kappa shape index (κ1) is 21.1. The number of halogens is 1. The molecule has 1 fully saturated rings. The zero-order valence-electron chi connectivity index (χ0n) is 18.4. The number of benzene rings is 2. The standard InChI is InChI=1S/C24H23FN4O4/c1-3-28-14-18(24-26-23(27-33-24)15-4-6-16(31-2)7-5-15)22(30)17-12-19(25)21(13-20(17)28)29-8-10-32-11-9-29/h4-7,12-14H,3,8-11H2,1-2H3. The highest BCUT2D eigenvalue weighted by molar-refractivity contribution is 5.86. The maximum absolute atomic E-state index is 15.0. The monoisotopic (exact) mass is 450 g/mol. The van der Waals surface area contributed by atoms with Crippen LogP contribution in [0.15, 0.2) is 51.9 Å². The van der Waals surface area contributed by atoms with Gasteiger partial charge < -0.3 is 23.5 Å². The number of pyridine rings is 1. The smallest absolute Gasteiger partial charge is 0.263 e. The first-order chi connectivity index (χ1) is 16.1. The molecule has 0 aliphatic carbocycles. The summed E-state index contributed by atoms with van der Waals surface area (Å²) < 4.78 is 32.9. The fourth-order valence-corrected chi connectivity index (χ4v) is 4.05. The minimum Gasteiger partial charge on any atom is -0.497 e.